The largest absolute Gasteiger partial charge is 0.412 e. The van der Waals surface area contributed by atoms with Crippen LogP contribution in [0.5, 0.6) is 0 Å². The first-order valence-electron chi connectivity index (χ1n) is 1.32. The van der Waals surface area contributed by atoms with Crippen LogP contribution in [0.4, 0.5) is 0 Å². The Bertz CT molecular complexity index is 71.4. The minimum atomic E-state index is 0. The van der Waals surface area contributed by atoms with E-state index in [2.05, 4.69) is 4.98 Å². The van der Waals surface area contributed by atoms with Gasteiger partial charge < -0.3 is 5.48 Å². The molecule has 1 radical (unpaired) electrons. The van der Waals surface area contributed by atoms with Gasteiger partial charge in [0.1, 0.15) is 0 Å². The van der Waals surface area contributed by atoms with Crippen molar-refractivity contribution >= 4 is 11.3 Å². The summed E-state index contributed by atoms with van der Waals surface area (Å²) in [6.07, 6.45) is 1.77. The van der Waals surface area contributed by atoms with E-state index in [1.54, 1.807) is 23.0 Å². The third kappa shape index (κ3) is 3.95. The standard InChI is InChI=1S/C3H3NS.Mn.H2O/c1-2-5-3-4-1;;/h1-3H;;1H2. The van der Waals surface area contributed by atoms with E-state index in [1.165, 1.54) is 0 Å². The predicted molar refractivity (Wildman–Crippen MR) is 25.7 cm³/mol. The first kappa shape index (κ1) is 10.2. The van der Waals surface area contributed by atoms with Gasteiger partial charge in [0.25, 0.3) is 0 Å². The second-order valence-corrected chi connectivity index (χ2v) is 1.43. The molecule has 0 saturated heterocycles. The molecule has 2 N–H and O–H groups in total. The van der Waals surface area contributed by atoms with Crippen LogP contribution in [0, 0.1) is 0 Å². The van der Waals surface area contributed by atoms with E-state index in [9.17, 15) is 0 Å². The van der Waals surface area contributed by atoms with Crippen LogP contribution in [-0.2, 0) is 17.1 Å². The summed E-state index contributed by atoms with van der Waals surface area (Å²) in [6, 6.07) is 0. The van der Waals surface area contributed by atoms with E-state index >= 15 is 0 Å². The van der Waals surface area contributed by atoms with Gasteiger partial charge in [0.2, 0.25) is 0 Å². The Balaban J connectivity index is 0. The van der Waals surface area contributed by atoms with Gasteiger partial charge in [-0.3, -0.25) is 4.98 Å². The zero-order valence-electron chi connectivity index (χ0n) is 3.47. The van der Waals surface area contributed by atoms with E-state index in [0.717, 1.165) is 0 Å². The summed E-state index contributed by atoms with van der Waals surface area (Å²) in [5.74, 6) is 0. The molecule has 0 aromatic carbocycles. The van der Waals surface area contributed by atoms with Crippen LogP contribution in [0.15, 0.2) is 17.1 Å². The number of rotatable bonds is 0. The smallest absolute Gasteiger partial charge is 0.0791 e. The Kier molecular flexibility index (Phi) is 8.87. The second-order valence-electron chi connectivity index (χ2n) is 0.676. The van der Waals surface area contributed by atoms with Crippen LogP contribution in [0.3, 0.4) is 0 Å². The molecule has 0 unspecified atom stereocenters. The van der Waals surface area contributed by atoms with Gasteiger partial charge in [-0.2, -0.15) is 0 Å². The molecule has 1 rings (SSSR count). The van der Waals surface area contributed by atoms with Crippen molar-refractivity contribution in [3.05, 3.63) is 17.1 Å². The molecule has 1 heterocycles. The van der Waals surface area contributed by atoms with Gasteiger partial charge in [0.15, 0.2) is 0 Å². The Labute approximate surface area is 56.4 Å². The van der Waals surface area contributed by atoms with Crippen LogP contribution in [0.2, 0.25) is 0 Å². The maximum Gasteiger partial charge on any atom is 0.0791 e. The molecule has 0 amide bonds. The zero-order chi connectivity index (χ0) is 3.54. The number of thiazole rings is 1. The van der Waals surface area contributed by atoms with Crippen molar-refractivity contribution in [3.8, 4) is 0 Å². The van der Waals surface area contributed by atoms with E-state index in [1.807, 2.05) is 5.38 Å². The molecular weight excluding hydrogens is 153 g/mol. The van der Waals surface area contributed by atoms with Gasteiger partial charge in [0, 0.05) is 28.6 Å². The van der Waals surface area contributed by atoms with Crippen molar-refractivity contribution < 1.29 is 22.5 Å². The molecule has 4 heteroatoms. The fourth-order valence-electron chi connectivity index (χ4n) is 0.176. The van der Waals surface area contributed by atoms with Gasteiger partial charge in [-0.15, -0.1) is 11.3 Å². The average Bonchev–Trinajstić information content (AvgIpc) is 1.76. The quantitative estimate of drug-likeness (QED) is 0.501. The van der Waals surface area contributed by atoms with E-state index in [4.69, 9.17) is 0 Å². The molecular formula is C3H5MnNOS. The van der Waals surface area contributed by atoms with E-state index in [0.29, 0.717) is 0 Å². The maximum atomic E-state index is 3.74. The molecule has 2 nitrogen and oxygen atoms in total. The first-order chi connectivity index (χ1) is 2.50. The second kappa shape index (κ2) is 6.11. The number of hydrogen-bond donors (Lipinski definition) is 0. The van der Waals surface area contributed by atoms with Crippen molar-refractivity contribution in [1.29, 1.82) is 0 Å². The Morgan fingerprint density at radius 3 is 2.29 bits per heavy atom. The summed E-state index contributed by atoms with van der Waals surface area (Å²) in [5.41, 5.74) is 1.79. The summed E-state index contributed by atoms with van der Waals surface area (Å²) in [5, 5.41) is 1.93. The molecule has 0 bridgehead atoms. The van der Waals surface area contributed by atoms with Crippen molar-refractivity contribution in [2.75, 3.05) is 0 Å². The van der Waals surface area contributed by atoms with Crippen molar-refractivity contribution in [2.45, 2.75) is 0 Å². The SMILES string of the molecule is O.[Mn].c1cscn1. The minimum absolute atomic E-state index is 0. The fourth-order valence-corrected chi connectivity index (χ4v) is 0.527. The van der Waals surface area contributed by atoms with Gasteiger partial charge >= 0.3 is 0 Å². The molecule has 41 valence electrons. The average molecular weight is 158 g/mol. The van der Waals surface area contributed by atoms with Crippen LogP contribution in [0.1, 0.15) is 0 Å². The zero-order valence-corrected chi connectivity index (χ0v) is 5.46. The van der Waals surface area contributed by atoms with E-state index < -0.39 is 0 Å². The van der Waals surface area contributed by atoms with Gasteiger partial charge in [-0.1, -0.05) is 0 Å². The molecule has 0 atom stereocenters. The molecule has 1 aromatic rings. The summed E-state index contributed by atoms with van der Waals surface area (Å²) < 4.78 is 0. The minimum Gasteiger partial charge on any atom is -0.412 e. The third-order valence-electron chi connectivity index (χ3n) is 0.347. The molecule has 0 spiro atoms. The Morgan fingerprint density at radius 1 is 1.43 bits per heavy atom. The molecule has 1 aromatic heterocycles. The molecule has 0 aliphatic rings. The molecule has 7 heavy (non-hydrogen) atoms. The van der Waals surface area contributed by atoms with Crippen molar-refractivity contribution in [3.63, 3.8) is 0 Å². The third-order valence-corrected chi connectivity index (χ3v) is 0.869. The fraction of sp³-hybridized carbons (Fsp3) is 0. The molecule has 0 saturated carbocycles. The van der Waals surface area contributed by atoms with Crippen LogP contribution in [0.25, 0.3) is 0 Å². The topological polar surface area (TPSA) is 44.4 Å². The summed E-state index contributed by atoms with van der Waals surface area (Å²) >= 11 is 1.60. The van der Waals surface area contributed by atoms with Gasteiger partial charge in [0.05, 0.1) is 5.51 Å². The van der Waals surface area contributed by atoms with E-state index in [-0.39, 0.29) is 22.5 Å². The predicted octanol–water partition coefficient (Wildman–Crippen LogP) is 0.316. The number of nitrogens with zero attached hydrogens (tertiary/aromatic N) is 1. The molecule has 0 aliphatic heterocycles. The van der Waals surface area contributed by atoms with Crippen molar-refractivity contribution in [2.24, 2.45) is 0 Å². The molecule has 0 fully saturated rings. The normalized spacial score (nSPS) is 5.71. The molecule has 0 aliphatic carbocycles. The number of aromatic nitrogens is 1. The monoisotopic (exact) mass is 158 g/mol. The van der Waals surface area contributed by atoms with Crippen molar-refractivity contribution in [1.82, 2.24) is 4.98 Å². The Hall–Kier alpha value is 0.109. The number of hydrogen-bond acceptors (Lipinski definition) is 2. The van der Waals surface area contributed by atoms with Crippen LogP contribution in [-0.4, -0.2) is 10.5 Å². The van der Waals surface area contributed by atoms with Crippen LogP contribution < -0.4 is 0 Å². The first-order valence-corrected chi connectivity index (χ1v) is 2.26. The van der Waals surface area contributed by atoms with Crippen LogP contribution >= 0.6 is 11.3 Å². The van der Waals surface area contributed by atoms with Gasteiger partial charge in [-0.25, -0.2) is 0 Å². The van der Waals surface area contributed by atoms with Gasteiger partial charge in [-0.05, 0) is 0 Å². The Morgan fingerprint density at radius 2 is 2.14 bits per heavy atom. The maximum absolute atomic E-state index is 3.74. The summed E-state index contributed by atoms with van der Waals surface area (Å²) in [7, 11) is 0. The summed E-state index contributed by atoms with van der Waals surface area (Å²) in [6.45, 7) is 0. The summed E-state index contributed by atoms with van der Waals surface area (Å²) in [4.78, 5) is 3.74.